The van der Waals surface area contributed by atoms with Crippen LogP contribution in [0.5, 0.6) is 0 Å². The van der Waals surface area contributed by atoms with Crippen LogP contribution in [0.25, 0.3) is 0 Å². The molecule has 13 heteroatoms. The Morgan fingerprint density at radius 2 is 1.55 bits per heavy atom. The van der Waals surface area contributed by atoms with Crippen molar-refractivity contribution in [2.24, 2.45) is 0 Å². The molecule has 3 aromatic rings. The number of aromatic nitrogens is 2. The molecule has 53 heavy (non-hydrogen) atoms. The topological polar surface area (TPSA) is 140 Å². The molecule has 1 aromatic heterocycles. The highest BCUT2D eigenvalue weighted by Gasteiger charge is 2.30. The fourth-order valence-electron chi connectivity index (χ4n) is 7.66. The maximum absolute atomic E-state index is 13.3. The van der Waals surface area contributed by atoms with Crippen molar-refractivity contribution in [3.63, 3.8) is 0 Å². The van der Waals surface area contributed by atoms with Crippen LogP contribution in [0.15, 0.2) is 54.7 Å². The smallest absolute Gasteiger partial charge is 0.410 e. The Morgan fingerprint density at radius 3 is 2.23 bits per heavy atom. The molecule has 2 aromatic carbocycles. The maximum atomic E-state index is 13.3. The molecule has 4 aliphatic heterocycles. The zero-order valence-electron chi connectivity index (χ0n) is 31.0. The summed E-state index contributed by atoms with van der Waals surface area (Å²) in [6, 6.07) is 16.5. The summed E-state index contributed by atoms with van der Waals surface area (Å²) in [6.45, 7) is 11.8. The number of piperidine rings is 2. The van der Waals surface area contributed by atoms with Gasteiger partial charge < -0.3 is 24.8 Å². The highest BCUT2D eigenvalue weighted by Crippen LogP contribution is 2.31. The number of nitrogens with one attached hydrogen (secondary N) is 2. The SMILES string of the molecule is CC(C)(C)OC(=O)N1CCc2cnc(Nc3ccc(C4CCN(C(=O)CN5CCN(c6ccc(C7CCC(=O)NC7=O)cc6)CC5)CC4)cc3)nc2C1. The van der Waals surface area contributed by atoms with Gasteiger partial charge in [0.15, 0.2) is 0 Å². The number of nitrogens with zero attached hydrogens (tertiary/aromatic N) is 6. The van der Waals surface area contributed by atoms with Crippen molar-refractivity contribution in [2.45, 2.75) is 76.9 Å². The number of ether oxygens (including phenoxy) is 1. The van der Waals surface area contributed by atoms with Gasteiger partial charge in [-0.3, -0.25) is 24.6 Å². The van der Waals surface area contributed by atoms with Gasteiger partial charge >= 0.3 is 6.09 Å². The fraction of sp³-hybridized carbons (Fsp3) is 0.500. The first kappa shape index (κ1) is 36.3. The largest absolute Gasteiger partial charge is 0.444 e. The highest BCUT2D eigenvalue weighted by atomic mass is 16.6. The van der Waals surface area contributed by atoms with Crippen molar-refractivity contribution < 1.29 is 23.9 Å². The number of carbonyl (C=O) groups excluding carboxylic acids is 4. The van der Waals surface area contributed by atoms with E-state index in [4.69, 9.17) is 9.72 Å². The van der Waals surface area contributed by atoms with Crippen LogP contribution >= 0.6 is 0 Å². The first-order valence-corrected chi connectivity index (χ1v) is 18.9. The van der Waals surface area contributed by atoms with Gasteiger partial charge in [0.1, 0.15) is 5.60 Å². The molecule has 0 aliphatic carbocycles. The minimum absolute atomic E-state index is 0.198. The Kier molecular flexibility index (Phi) is 10.6. The average molecular weight is 723 g/mol. The molecule has 4 amide bonds. The van der Waals surface area contributed by atoms with E-state index in [1.165, 1.54) is 5.56 Å². The third-order valence-corrected chi connectivity index (χ3v) is 10.7. The molecule has 1 atom stereocenters. The summed E-state index contributed by atoms with van der Waals surface area (Å²) in [5, 5.41) is 5.76. The van der Waals surface area contributed by atoms with E-state index in [2.05, 4.69) is 61.8 Å². The van der Waals surface area contributed by atoms with Crippen LogP contribution in [0.2, 0.25) is 0 Å². The molecular weight excluding hydrogens is 672 g/mol. The quantitative estimate of drug-likeness (QED) is 0.334. The van der Waals surface area contributed by atoms with E-state index in [1.54, 1.807) is 4.90 Å². The summed E-state index contributed by atoms with van der Waals surface area (Å²) in [7, 11) is 0. The van der Waals surface area contributed by atoms with Crippen LogP contribution in [0.1, 0.15) is 80.7 Å². The Morgan fingerprint density at radius 1 is 0.849 bits per heavy atom. The van der Waals surface area contributed by atoms with Crippen molar-refractivity contribution in [2.75, 3.05) is 62.6 Å². The minimum Gasteiger partial charge on any atom is -0.444 e. The van der Waals surface area contributed by atoms with Crippen molar-refractivity contribution in [3.8, 4) is 0 Å². The monoisotopic (exact) mass is 722 g/mol. The van der Waals surface area contributed by atoms with Gasteiger partial charge in [-0.15, -0.1) is 0 Å². The summed E-state index contributed by atoms with van der Waals surface area (Å²) in [5.74, 6) is 0.408. The zero-order valence-corrected chi connectivity index (χ0v) is 31.0. The second-order valence-corrected chi connectivity index (χ2v) is 15.6. The molecule has 0 saturated carbocycles. The molecule has 2 N–H and O–H groups in total. The number of carbonyl (C=O) groups is 4. The molecule has 5 heterocycles. The van der Waals surface area contributed by atoms with Gasteiger partial charge in [-0.2, -0.15) is 0 Å². The lowest BCUT2D eigenvalue weighted by molar-refractivity contribution is -0.135. The summed E-state index contributed by atoms with van der Waals surface area (Å²) < 4.78 is 5.56. The molecule has 0 spiro atoms. The number of rotatable bonds is 7. The van der Waals surface area contributed by atoms with Crippen molar-refractivity contribution in [1.29, 1.82) is 0 Å². The Labute approximate surface area is 311 Å². The standard InChI is InChI=1S/C40H50N8O5/c1-40(2,3)53-39(52)48-19-16-30-24-41-38(43-34(30)25-48)42-31-8-4-27(5-9-31)28-14-17-47(18-15-28)36(50)26-45-20-22-46(23-21-45)32-10-6-29(7-11-32)33-12-13-35(49)44-37(33)51/h4-11,24,28,33H,12-23,25-26H2,1-3H3,(H,41,42,43)(H,44,49,51). The van der Waals surface area contributed by atoms with E-state index in [9.17, 15) is 19.2 Å². The van der Waals surface area contributed by atoms with Crippen LogP contribution in [0.3, 0.4) is 0 Å². The number of hydrogen-bond donors (Lipinski definition) is 2. The van der Waals surface area contributed by atoms with E-state index in [0.29, 0.717) is 50.8 Å². The lowest BCUT2D eigenvalue weighted by atomic mass is 9.89. The summed E-state index contributed by atoms with van der Waals surface area (Å²) >= 11 is 0. The predicted molar refractivity (Wildman–Crippen MR) is 201 cm³/mol. The zero-order chi connectivity index (χ0) is 37.1. The van der Waals surface area contributed by atoms with E-state index in [-0.39, 0.29) is 29.7 Å². The molecule has 7 rings (SSSR count). The van der Waals surface area contributed by atoms with Crippen molar-refractivity contribution in [1.82, 2.24) is 30.0 Å². The predicted octanol–water partition coefficient (Wildman–Crippen LogP) is 4.56. The van der Waals surface area contributed by atoms with Crippen LogP contribution in [-0.2, 0) is 32.1 Å². The van der Waals surface area contributed by atoms with Gasteiger partial charge in [0.2, 0.25) is 23.7 Å². The summed E-state index contributed by atoms with van der Waals surface area (Å²) in [4.78, 5) is 67.2. The minimum atomic E-state index is -0.546. The molecule has 280 valence electrons. The lowest BCUT2D eigenvalue weighted by Crippen LogP contribution is -2.51. The van der Waals surface area contributed by atoms with E-state index in [0.717, 1.165) is 80.3 Å². The maximum Gasteiger partial charge on any atom is 0.410 e. The van der Waals surface area contributed by atoms with Crippen LogP contribution < -0.4 is 15.5 Å². The molecule has 3 saturated heterocycles. The Bertz CT molecular complexity index is 1810. The Hall–Kier alpha value is -5.04. The number of likely N-dealkylation sites (tertiary alicyclic amines) is 1. The third kappa shape index (κ3) is 8.95. The normalized spacial score (nSPS) is 20.1. The van der Waals surface area contributed by atoms with E-state index in [1.807, 2.05) is 44.0 Å². The second kappa shape index (κ2) is 15.5. The molecule has 4 aliphatic rings. The van der Waals surface area contributed by atoms with Gasteiger partial charge in [-0.1, -0.05) is 24.3 Å². The highest BCUT2D eigenvalue weighted by molar-refractivity contribution is 6.01. The number of anilines is 3. The summed E-state index contributed by atoms with van der Waals surface area (Å²) in [6.07, 6.45) is 5.00. The van der Waals surface area contributed by atoms with Gasteiger partial charge in [0.05, 0.1) is 24.7 Å². The molecule has 3 fully saturated rings. The molecule has 0 radical (unpaired) electrons. The Balaban J connectivity index is 0.839. The van der Waals surface area contributed by atoms with Crippen molar-refractivity contribution >= 4 is 41.1 Å². The van der Waals surface area contributed by atoms with Gasteiger partial charge in [-0.05, 0) is 93.3 Å². The lowest BCUT2D eigenvalue weighted by Gasteiger charge is -2.38. The molecular formula is C40H50N8O5. The van der Waals surface area contributed by atoms with Crippen molar-refractivity contribution in [3.05, 3.63) is 77.1 Å². The first-order valence-electron chi connectivity index (χ1n) is 18.9. The second-order valence-electron chi connectivity index (χ2n) is 15.6. The van der Waals surface area contributed by atoms with Gasteiger partial charge in [0.25, 0.3) is 0 Å². The number of benzene rings is 2. The van der Waals surface area contributed by atoms with Crippen LogP contribution in [-0.4, -0.2) is 106 Å². The third-order valence-electron chi connectivity index (χ3n) is 10.7. The number of hydrogen-bond acceptors (Lipinski definition) is 10. The average Bonchev–Trinajstić information content (AvgIpc) is 3.15. The number of piperazine rings is 1. The van der Waals surface area contributed by atoms with Gasteiger partial charge in [0, 0.05) is 69.8 Å². The van der Waals surface area contributed by atoms with Gasteiger partial charge in [-0.25, -0.2) is 14.8 Å². The summed E-state index contributed by atoms with van der Waals surface area (Å²) in [5.41, 5.74) is 5.54. The fourth-order valence-corrected chi connectivity index (χ4v) is 7.66. The van der Waals surface area contributed by atoms with E-state index >= 15 is 0 Å². The molecule has 1 unspecified atom stereocenters. The van der Waals surface area contributed by atoms with Crippen LogP contribution in [0.4, 0.5) is 22.1 Å². The number of fused-ring (bicyclic) bond motifs is 1. The molecule has 0 bridgehead atoms. The van der Waals surface area contributed by atoms with E-state index < -0.39 is 5.60 Å². The number of amides is 4. The number of imide groups is 1. The first-order chi connectivity index (χ1) is 25.5. The van der Waals surface area contributed by atoms with Crippen LogP contribution in [0, 0.1) is 0 Å². The molecule has 13 nitrogen and oxygen atoms in total.